The van der Waals surface area contributed by atoms with Crippen LogP contribution < -0.4 is 5.73 Å². The molecule has 0 saturated carbocycles. The zero-order valence-electron chi connectivity index (χ0n) is 14.9. The highest BCUT2D eigenvalue weighted by molar-refractivity contribution is 5.97. The van der Waals surface area contributed by atoms with Crippen molar-refractivity contribution in [1.29, 1.82) is 5.26 Å². The topological polar surface area (TPSA) is 74.6 Å². The minimum atomic E-state index is 0.220. The Kier molecular flexibility index (Phi) is 6.24. The number of nitrogens with two attached hydrogens (primary N) is 1. The molecule has 5 nitrogen and oxygen atoms in total. The summed E-state index contributed by atoms with van der Waals surface area (Å²) in [4.78, 5) is 7.85. The van der Waals surface area contributed by atoms with Crippen molar-refractivity contribution in [2.75, 3.05) is 13.1 Å². The van der Waals surface area contributed by atoms with Crippen LogP contribution in [0.1, 0.15) is 41.5 Å². The van der Waals surface area contributed by atoms with Gasteiger partial charge in [0.05, 0.1) is 11.6 Å². The molecule has 0 aromatic heterocycles. The van der Waals surface area contributed by atoms with E-state index in [0.29, 0.717) is 11.4 Å². The summed E-state index contributed by atoms with van der Waals surface area (Å²) in [6.07, 6.45) is 3.89. The lowest BCUT2D eigenvalue weighted by Crippen LogP contribution is -2.29. The average Bonchev–Trinajstić information content (AvgIpc) is 2.69. The lowest BCUT2D eigenvalue weighted by atomic mass is 10.1. The smallest absolute Gasteiger partial charge is 0.170 e. The van der Waals surface area contributed by atoms with Gasteiger partial charge >= 0.3 is 0 Å². The molecule has 0 bridgehead atoms. The molecule has 1 fully saturated rings. The van der Waals surface area contributed by atoms with Gasteiger partial charge in [0.2, 0.25) is 0 Å². The van der Waals surface area contributed by atoms with E-state index in [2.05, 4.69) is 28.3 Å². The maximum Gasteiger partial charge on any atom is 0.170 e. The van der Waals surface area contributed by atoms with Crippen LogP contribution in [0, 0.1) is 11.3 Å². The largest absolute Gasteiger partial charge is 0.389 e. The van der Waals surface area contributed by atoms with Gasteiger partial charge in [-0.2, -0.15) is 5.26 Å². The van der Waals surface area contributed by atoms with Gasteiger partial charge in [-0.3, -0.25) is 4.90 Å². The number of benzene rings is 2. The summed E-state index contributed by atoms with van der Waals surface area (Å²) >= 11 is 0. The Balaban J connectivity index is 1.61. The van der Waals surface area contributed by atoms with Gasteiger partial charge in [0.1, 0.15) is 6.61 Å². The lowest BCUT2D eigenvalue weighted by Gasteiger charge is -2.26. The fourth-order valence-corrected chi connectivity index (χ4v) is 3.18. The van der Waals surface area contributed by atoms with Crippen molar-refractivity contribution in [2.24, 2.45) is 10.9 Å². The first-order valence-corrected chi connectivity index (χ1v) is 9.01. The van der Waals surface area contributed by atoms with Crippen LogP contribution in [0.2, 0.25) is 0 Å². The van der Waals surface area contributed by atoms with Gasteiger partial charge < -0.3 is 10.6 Å². The van der Waals surface area contributed by atoms with Crippen LogP contribution in [-0.4, -0.2) is 23.8 Å². The molecule has 1 saturated heterocycles. The molecular formula is C21H24N4O. The Morgan fingerprint density at radius 1 is 1.12 bits per heavy atom. The Bertz CT molecular complexity index is 804. The summed E-state index contributed by atoms with van der Waals surface area (Å²) in [6.45, 7) is 3.49. The van der Waals surface area contributed by atoms with E-state index in [-0.39, 0.29) is 6.61 Å². The zero-order valence-corrected chi connectivity index (χ0v) is 14.9. The van der Waals surface area contributed by atoms with Crippen LogP contribution in [0.3, 0.4) is 0 Å². The molecule has 0 amide bonds. The molecule has 5 heteroatoms. The van der Waals surface area contributed by atoms with E-state index < -0.39 is 0 Å². The number of hydrogen-bond donors (Lipinski definition) is 1. The number of piperidine rings is 1. The van der Waals surface area contributed by atoms with E-state index in [0.717, 1.165) is 30.8 Å². The Hall–Kier alpha value is -2.84. The maximum atomic E-state index is 9.10. The third kappa shape index (κ3) is 4.84. The number of nitrogens with zero attached hydrogens (tertiary/aromatic N) is 3. The molecule has 2 aromatic rings. The van der Waals surface area contributed by atoms with E-state index in [4.69, 9.17) is 15.8 Å². The second-order valence-electron chi connectivity index (χ2n) is 6.56. The van der Waals surface area contributed by atoms with Crippen molar-refractivity contribution in [3.05, 3.63) is 70.8 Å². The summed E-state index contributed by atoms with van der Waals surface area (Å²) < 4.78 is 0. The van der Waals surface area contributed by atoms with Crippen molar-refractivity contribution >= 4 is 5.84 Å². The Morgan fingerprint density at radius 3 is 2.73 bits per heavy atom. The number of oxime groups is 1. The first kappa shape index (κ1) is 18.0. The molecule has 1 aliphatic rings. The van der Waals surface area contributed by atoms with Gasteiger partial charge in [-0.1, -0.05) is 48.0 Å². The van der Waals surface area contributed by atoms with E-state index in [1.807, 2.05) is 30.3 Å². The van der Waals surface area contributed by atoms with Gasteiger partial charge in [0.25, 0.3) is 0 Å². The number of nitriles is 1. The number of rotatable bonds is 6. The van der Waals surface area contributed by atoms with Crippen LogP contribution in [0.5, 0.6) is 0 Å². The molecular weight excluding hydrogens is 324 g/mol. The predicted molar refractivity (Wildman–Crippen MR) is 102 cm³/mol. The molecule has 0 unspecified atom stereocenters. The third-order valence-corrected chi connectivity index (χ3v) is 4.60. The molecule has 0 spiro atoms. The molecule has 2 N–H and O–H groups in total. The van der Waals surface area contributed by atoms with Gasteiger partial charge in [0.15, 0.2) is 5.84 Å². The van der Waals surface area contributed by atoms with Gasteiger partial charge in [0, 0.05) is 17.7 Å². The molecule has 3 rings (SSSR count). The fourth-order valence-electron chi connectivity index (χ4n) is 3.18. The van der Waals surface area contributed by atoms with E-state index in [1.165, 1.54) is 24.8 Å². The summed E-state index contributed by atoms with van der Waals surface area (Å²) in [5.41, 5.74) is 9.55. The molecule has 2 aromatic carbocycles. The minimum absolute atomic E-state index is 0.220. The maximum absolute atomic E-state index is 9.10. The molecule has 134 valence electrons. The summed E-state index contributed by atoms with van der Waals surface area (Å²) in [7, 11) is 0. The quantitative estimate of drug-likeness (QED) is 0.493. The number of likely N-dealkylation sites (tertiary alicyclic amines) is 1. The average molecular weight is 348 g/mol. The van der Waals surface area contributed by atoms with Crippen LogP contribution >= 0.6 is 0 Å². The Morgan fingerprint density at radius 2 is 1.92 bits per heavy atom. The third-order valence-electron chi connectivity index (χ3n) is 4.60. The normalized spacial score (nSPS) is 15.4. The monoisotopic (exact) mass is 348 g/mol. The zero-order chi connectivity index (χ0) is 18.2. The first-order chi connectivity index (χ1) is 12.8. The molecule has 0 radical (unpaired) electrons. The fraction of sp³-hybridized carbons (Fsp3) is 0.333. The molecule has 26 heavy (non-hydrogen) atoms. The van der Waals surface area contributed by atoms with Crippen LogP contribution in [0.25, 0.3) is 0 Å². The highest BCUT2D eigenvalue weighted by atomic mass is 16.6. The molecule has 1 heterocycles. The van der Waals surface area contributed by atoms with Crippen LogP contribution in [-0.2, 0) is 18.0 Å². The van der Waals surface area contributed by atoms with Crippen molar-refractivity contribution in [1.82, 2.24) is 4.90 Å². The van der Waals surface area contributed by atoms with E-state index in [1.54, 1.807) is 6.07 Å². The second kappa shape index (κ2) is 9.02. The highest BCUT2D eigenvalue weighted by Gasteiger charge is 2.11. The highest BCUT2D eigenvalue weighted by Crippen LogP contribution is 2.14. The summed E-state index contributed by atoms with van der Waals surface area (Å²) in [5, 5.41) is 13.1. The number of hydrogen-bond acceptors (Lipinski definition) is 4. The van der Waals surface area contributed by atoms with E-state index >= 15 is 0 Å². The van der Waals surface area contributed by atoms with Crippen molar-refractivity contribution < 1.29 is 4.84 Å². The van der Waals surface area contributed by atoms with Crippen molar-refractivity contribution in [3.63, 3.8) is 0 Å². The molecule has 0 atom stereocenters. The van der Waals surface area contributed by atoms with Crippen molar-refractivity contribution in [2.45, 2.75) is 32.4 Å². The van der Waals surface area contributed by atoms with Gasteiger partial charge in [-0.15, -0.1) is 0 Å². The van der Waals surface area contributed by atoms with Crippen LogP contribution in [0.15, 0.2) is 53.7 Å². The second-order valence-corrected chi connectivity index (χ2v) is 6.56. The minimum Gasteiger partial charge on any atom is -0.389 e. The Labute approximate surface area is 154 Å². The lowest BCUT2D eigenvalue weighted by molar-refractivity contribution is 0.130. The van der Waals surface area contributed by atoms with Crippen LogP contribution in [0.4, 0.5) is 0 Å². The standard InChI is InChI=1S/C21H24N4O/c22-14-19-8-2-3-9-20(19)16-26-24-21(23)18-10-6-7-17(13-18)15-25-11-4-1-5-12-25/h2-3,6-10,13H,1,4-5,11-12,15-16H2,(H2,23,24). The first-order valence-electron chi connectivity index (χ1n) is 9.01. The predicted octanol–water partition coefficient (Wildman–Crippen LogP) is 3.38. The number of amidine groups is 1. The summed E-state index contributed by atoms with van der Waals surface area (Å²) in [6, 6.07) is 17.6. The SMILES string of the molecule is N#Cc1ccccc1CO/N=C(/N)c1cccc(CN2CCCCC2)c1. The molecule has 1 aliphatic heterocycles. The summed E-state index contributed by atoms with van der Waals surface area (Å²) in [5.74, 6) is 0.347. The van der Waals surface area contributed by atoms with Gasteiger partial charge in [-0.25, -0.2) is 0 Å². The molecule has 0 aliphatic carbocycles. The van der Waals surface area contributed by atoms with Gasteiger partial charge in [-0.05, 0) is 43.6 Å². The van der Waals surface area contributed by atoms with Crippen molar-refractivity contribution in [3.8, 4) is 6.07 Å². The van der Waals surface area contributed by atoms with E-state index in [9.17, 15) is 0 Å².